The molecule has 0 spiro atoms. The lowest BCUT2D eigenvalue weighted by Crippen LogP contribution is -2.10. The molecule has 26 heavy (non-hydrogen) atoms. The fourth-order valence-corrected chi connectivity index (χ4v) is 4.04. The summed E-state index contributed by atoms with van der Waals surface area (Å²) in [7, 11) is -3.79. The first kappa shape index (κ1) is 18.4. The van der Waals surface area contributed by atoms with Crippen molar-refractivity contribution >= 4 is 25.0 Å². The molecule has 6 heteroatoms. The molecule has 3 rings (SSSR count). The molecule has 0 bridgehead atoms. The Kier molecular flexibility index (Phi) is 5.55. The molecule has 0 fully saturated rings. The van der Waals surface area contributed by atoms with Crippen LogP contribution in [0.2, 0.25) is 5.02 Å². The maximum Gasteiger partial charge on any atom is 0.541 e. The van der Waals surface area contributed by atoms with Crippen LogP contribution in [0, 0.1) is 13.8 Å². The van der Waals surface area contributed by atoms with E-state index in [2.05, 4.69) is 5.09 Å². The molecule has 0 aliphatic rings. The number of hydrogen-bond donors (Lipinski definition) is 1. The molecule has 0 aliphatic carbocycles. The van der Waals surface area contributed by atoms with Crippen molar-refractivity contribution in [3.63, 3.8) is 0 Å². The Labute approximate surface area is 158 Å². The molecule has 0 heterocycles. The molecule has 0 saturated heterocycles. The van der Waals surface area contributed by atoms with Gasteiger partial charge < -0.3 is 9.05 Å². The smallest absolute Gasteiger partial charge is 0.400 e. The van der Waals surface area contributed by atoms with E-state index >= 15 is 0 Å². The van der Waals surface area contributed by atoms with E-state index in [1.807, 2.05) is 38.1 Å². The van der Waals surface area contributed by atoms with Gasteiger partial charge in [-0.15, -0.1) is 0 Å². The number of hydrogen-bond acceptors (Lipinski definition) is 3. The summed E-state index contributed by atoms with van der Waals surface area (Å²) in [6.07, 6.45) is 0. The lowest BCUT2D eigenvalue weighted by molar-refractivity contribution is 0.392. The highest BCUT2D eigenvalue weighted by Gasteiger charge is 2.30. The van der Waals surface area contributed by atoms with Gasteiger partial charge in [0.1, 0.15) is 11.5 Å². The van der Waals surface area contributed by atoms with Crippen LogP contribution in [-0.2, 0) is 4.57 Å². The second-order valence-electron chi connectivity index (χ2n) is 5.90. The van der Waals surface area contributed by atoms with Crippen LogP contribution in [0.1, 0.15) is 11.1 Å². The largest absolute Gasteiger partial charge is 0.541 e. The number of aryl methyl sites for hydroxylation is 2. The van der Waals surface area contributed by atoms with Crippen molar-refractivity contribution in [1.29, 1.82) is 0 Å². The molecule has 3 aromatic rings. The standard InChI is InChI=1S/C20H19ClNO3P/c1-15-7-5-9-17(13-15)24-26(23,22-20-12-4-3-11-19(20)21)25-18-10-6-8-16(2)14-18/h3-14H,1-2H3,(H,22,23). The van der Waals surface area contributed by atoms with Crippen LogP contribution in [-0.4, -0.2) is 0 Å². The molecule has 0 aromatic heterocycles. The Bertz CT molecular complexity index is 910. The minimum absolute atomic E-state index is 0.424. The summed E-state index contributed by atoms with van der Waals surface area (Å²) in [6.45, 7) is 3.86. The Hall–Kier alpha value is -2.42. The monoisotopic (exact) mass is 387 g/mol. The average Bonchev–Trinajstić information content (AvgIpc) is 2.57. The van der Waals surface area contributed by atoms with E-state index in [0.717, 1.165) is 11.1 Å². The molecular formula is C20H19ClNO3P. The summed E-state index contributed by atoms with van der Waals surface area (Å²) in [5, 5.41) is 3.26. The van der Waals surface area contributed by atoms with Crippen LogP contribution in [0.25, 0.3) is 0 Å². The first-order valence-corrected chi connectivity index (χ1v) is 10.0. The van der Waals surface area contributed by atoms with Gasteiger partial charge in [-0.05, 0) is 61.4 Å². The molecular weight excluding hydrogens is 369 g/mol. The molecule has 4 nitrogen and oxygen atoms in total. The normalized spacial score (nSPS) is 11.0. The quantitative estimate of drug-likeness (QED) is 0.482. The number of halogens is 1. The molecule has 0 unspecified atom stereocenters. The number of para-hydroxylation sites is 1. The third-order valence-corrected chi connectivity index (χ3v) is 5.31. The Morgan fingerprint density at radius 2 is 1.35 bits per heavy atom. The molecule has 134 valence electrons. The fraction of sp³-hybridized carbons (Fsp3) is 0.100. The molecule has 0 saturated carbocycles. The highest BCUT2D eigenvalue weighted by molar-refractivity contribution is 7.56. The summed E-state index contributed by atoms with van der Waals surface area (Å²) >= 11 is 6.19. The third-order valence-electron chi connectivity index (χ3n) is 3.56. The van der Waals surface area contributed by atoms with E-state index < -0.39 is 7.75 Å². The topological polar surface area (TPSA) is 47.6 Å². The summed E-state index contributed by atoms with van der Waals surface area (Å²) in [6, 6.07) is 21.6. The maximum absolute atomic E-state index is 13.5. The van der Waals surface area contributed by atoms with Crippen LogP contribution >= 0.6 is 19.3 Å². The van der Waals surface area contributed by atoms with Gasteiger partial charge >= 0.3 is 7.75 Å². The predicted octanol–water partition coefficient (Wildman–Crippen LogP) is 6.63. The van der Waals surface area contributed by atoms with Crippen molar-refractivity contribution in [2.45, 2.75) is 13.8 Å². The summed E-state index contributed by atoms with van der Waals surface area (Å²) in [4.78, 5) is 0. The minimum Gasteiger partial charge on any atom is -0.400 e. The van der Waals surface area contributed by atoms with E-state index in [0.29, 0.717) is 22.2 Å². The zero-order valence-electron chi connectivity index (χ0n) is 14.5. The summed E-state index contributed by atoms with van der Waals surface area (Å²) in [5.74, 6) is 0.890. The highest BCUT2D eigenvalue weighted by Crippen LogP contribution is 2.49. The molecule has 0 atom stereocenters. The Morgan fingerprint density at radius 3 is 1.85 bits per heavy atom. The van der Waals surface area contributed by atoms with Gasteiger partial charge in [-0.2, -0.15) is 0 Å². The predicted molar refractivity (Wildman–Crippen MR) is 106 cm³/mol. The van der Waals surface area contributed by atoms with E-state index in [4.69, 9.17) is 20.6 Å². The van der Waals surface area contributed by atoms with Gasteiger partial charge in [0.25, 0.3) is 0 Å². The lowest BCUT2D eigenvalue weighted by Gasteiger charge is -2.22. The van der Waals surface area contributed by atoms with Crippen molar-refractivity contribution in [1.82, 2.24) is 0 Å². The van der Waals surface area contributed by atoms with Crippen molar-refractivity contribution in [3.8, 4) is 11.5 Å². The van der Waals surface area contributed by atoms with Crippen LogP contribution in [0.5, 0.6) is 11.5 Å². The first-order chi connectivity index (χ1) is 12.4. The Balaban J connectivity index is 1.94. The van der Waals surface area contributed by atoms with E-state index in [1.165, 1.54) is 0 Å². The third kappa shape index (κ3) is 4.81. The van der Waals surface area contributed by atoms with Gasteiger partial charge in [-0.1, -0.05) is 48.0 Å². The van der Waals surface area contributed by atoms with Crippen LogP contribution in [0.4, 0.5) is 5.69 Å². The fourth-order valence-electron chi connectivity index (χ4n) is 2.39. The van der Waals surface area contributed by atoms with Gasteiger partial charge in [0, 0.05) is 0 Å². The van der Waals surface area contributed by atoms with Gasteiger partial charge in [0.2, 0.25) is 0 Å². The van der Waals surface area contributed by atoms with Crippen molar-refractivity contribution < 1.29 is 13.6 Å². The number of rotatable bonds is 6. The van der Waals surface area contributed by atoms with Gasteiger partial charge in [-0.3, -0.25) is 5.09 Å². The average molecular weight is 388 g/mol. The van der Waals surface area contributed by atoms with E-state index in [-0.39, 0.29) is 0 Å². The number of nitrogens with one attached hydrogen (secondary N) is 1. The van der Waals surface area contributed by atoms with E-state index in [1.54, 1.807) is 48.5 Å². The van der Waals surface area contributed by atoms with E-state index in [9.17, 15) is 4.57 Å². The second kappa shape index (κ2) is 7.86. The molecule has 1 N–H and O–H groups in total. The zero-order chi connectivity index (χ0) is 18.6. The number of anilines is 1. The van der Waals surface area contributed by atoms with Gasteiger partial charge in [0.05, 0.1) is 10.7 Å². The van der Waals surface area contributed by atoms with Gasteiger partial charge in [0.15, 0.2) is 0 Å². The number of benzene rings is 3. The molecule has 0 radical (unpaired) electrons. The highest BCUT2D eigenvalue weighted by atomic mass is 35.5. The maximum atomic E-state index is 13.5. The van der Waals surface area contributed by atoms with Gasteiger partial charge in [-0.25, -0.2) is 4.57 Å². The van der Waals surface area contributed by atoms with Crippen molar-refractivity contribution in [3.05, 3.63) is 88.9 Å². The van der Waals surface area contributed by atoms with Crippen LogP contribution in [0.15, 0.2) is 72.8 Å². The second-order valence-corrected chi connectivity index (χ2v) is 7.90. The molecule has 0 amide bonds. The van der Waals surface area contributed by atoms with Crippen LogP contribution in [0.3, 0.4) is 0 Å². The Morgan fingerprint density at radius 1 is 0.808 bits per heavy atom. The summed E-state index contributed by atoms with van der Waals surface area (Å²) in [5.41, 5.74) is 2.45. The zero-order valence-corrected chi connectivity index (χ0v) is 16.1. The van der Waals surface area contributed by atoms with Crippen molar-refractivity contribution in [2.24, 2.45) is 0 Å². The van der Waals surface area contributed by atoms with Crippen molar-refractivity contribution in [2.75, 3.05) is 5.09 Å². The van der Waals surface area contributed by atoms with Crippen LogP contribution < -0.4 is 14.1 Å². The SMILES string of the molecule is Cc1cccc(OP(=O)(Nc2ccccc2Cl)Oc2cccc(C)c2)c1. The minimum atomic E-state index is -3.79. The summed E-state index contributed by atoms with van der Waals surface area (Å²) < 4.78 is 25.0. The molecule has 3 aromatic carbocycles. The first-order valence-electron chi connectivity index (χ1n) is 8.09. The molecule has 0 aliphatic heterocycles. The lowest BCUT2D eigenvalue weighted by atomic mass is 10.2.